The van der Waals surface area contributed by atoms with E-state index in [0.29, 0.717) is 0 Å². The van der Waals surface area contributed by atoms with Gasteiger partial charge >= 0.3 is 0 Å². The first kappa shape index (κ1) is 17.6. The van der Waals surface area contributed by atoms with Gasteiger partial charge in [-0.25, -0.2) is 0 Å². The Morgan fingerprint density at radius 2 is 2.14 bits per heavy atom. The number of ether oxygens (including phenoxy) is 1. The lowest BCUT2D eigenvalue weighted by Crippen LogP contribution is -2.52. The maximum absolute atomic E-state index is 13.3. The first-order valence-electron chi connectivity index (χ1n) is 9.57. The van der Waals surface area contributed by atoms with Gasteiger partial charge in [0.05, 0.1) is 17.5 Å². The number of pyridine rings is 1. The van der Waals surface area contributed by atoms with Gasteiger partial charge in [0.25, 0.3) is 5.91 Å². The zero-order valence-electron chi connectivity index (χ0n) is 15.7. The van der Waals surface area contributed by atoms with Crippen molar-refractivity contribution in [3.05, 3.63) is 59.5 Å². The monoisotopic (exact) mass is 394 g/mol. The summed E-state index contributed by atoms with van der Waals surface area (Å²) >= 11 is 1.58. The number of hydrogen-bond donors (Lipinski definition) is 1. The van der Waals surface area contributed by atoms with Gasteiger partial charge in [0, 0.05) is 60.2 Å². The Bertz CT molecular complexity index is 955. The molecule has 0 spiro atoms. The Kier molecular flexibility index (Phi) is 4.29. The smallest absolute Gasteiger partial charge is 0.255 e. The van der Waals surface area contributed by atoms with Crippen LogP contribution in [0.15, 0.2) is 48.2 Å². The number of methoxy groups -OCH3 is 1. The number of nitrogens with zero attached hydrogens (tertiary/aromatic N) is 3. The lowest BCUT2D eigenvalue weighted by atomic mass is 9.82. The Balaban J connectivity index is 1.40. The zero-order valence-corrected chi connectivity index (χ0v) is 16.5. The van der Waals surface area contributed by atoms with Gasteiger partial charge in [-0.2, -0.15) is 5.10 Å². The Hall–Kier alpha value is -2.51. The summed E-state index contributed by atoms with van der Waals surface area (Å²) in [5.41, 5.74) is 2.35. The fourth-order valence-corrected chi connectivity index (χ4v) is 5.65. The number of carbonyl (C=O) groups excluding carboxylic acids is 1. The van der Waals surface area contributed by atoms with E-state index >= 15 is 0 Å². The van der Waals surface area contributed by atoms with Crippen molar-refractivity contribution < 1.29 is 9.53 Å². The molecule has 7 heteroatoms. The number of hydrogen-bond acceptors (Lipinski definition) is 5. The van der Waals surface area contributed by atoms with Crippen LogP contribution in [0.2, 0.25) is 0 Å². The van der Waals surface area contributed by atoms with E-state index < -0.39 is 5.60 Å². The van der Waals surface area contributed by atoms with Gasteiger partial charge in [-0.1, -0.05) is 6.07 Å². The van der Waals surface area contributed by atoms with Crippen molar-refractivity contribution in [2.45, 2.75) is 43.4 Å². The highest BCUT2D eigenvalue weighted by atomic mass is 32.1. The van der Waals surface area contributed by atoms with Gasteiger partial charge in [-0.05, 0) is 31.0 Å². The van der Waals surface area contributed by atoms with Crippen LogP contribution in [0, 0.1) is 0 Å². The van der Waals surface area contributed by atoms with Crippen LogP contribution in [0.4, 0.5) is 0 Å². The molecule has 2 atom stereocenters. The summed E-state index contributed by atoms with van der Waals surface area (Å²) in [5.74, 6) is 0.129. The molecule has 3 aromatic heterocycles. The van der Waals surface area contributed by atoms with E-state index in [1.54, 1.807) is 24.6 Å². The molecule has 0 radical (unpaired) electrons. The van der Waals surface area contributed by atoms with Crippen LogP contribution < -0.4 is 0 Å². The summed E-state index contributed by atoms with van der Waals surface area (Å²) in [6.45, 7) is 0. The molecule has 2 aliphatic heterocycles. The molecule has 144 valence electrons. The number of rotatable bonds is 4. The van der Waals surface area contributed by atoms with Gasteiger partial charge < -0.3 is 9.64 Å². The Labute approximate surface area is 167 Å². The van der Waals surface area contributed by atoms with Crippen molar-refractivity contribution >= 4 is 17.2 Å². The van der Waals surface area contributed by atoms with E-state index in [1.165, 1.54) is 0 Å². The quantitative estimate of drug-likeness (QED) is 0.730. The molecule has 2 saturated heterocycles. The standard InChI is InChI=1S/C21H22N4O2S/c1-27-21(19-4-2-3-7-22-19)9-16-5-6-17(10-21)25(16)20(26)14-8-18(28-13-14)15-11-23-24-12-15/h2-4,7-8,11-13,16-17H,5-6,9-10H2,1H3,(H,23,24). The summed E-state index contributed by atoms with van der Waals surface area (Å²) in [6.07, 6.45) is 9.08. The molecule has 1 N–H and O–H groups in total. The van der Waals surface area contributed by atoms with Crippen LogP contribution in [-0.4, -0.2) is 45.2 Å². The highest BCUT2D eigenvalue weighted by Gasteiger charge is 2.51. The summed E-state index contributed by atoms with van der Waals surface area (Å²) in [6, 6.07) is 8.32. The molecule has 0 aromatic carbocycles. The summed E-state index contributed by atoms with van der Waals surface area (Å²) in [7, 11) is 1.77. The molecule has 5 rings (SSSR count). The zero-order chi connectivity index (χ0) is 19.1. The number of aromatic nitrogens is 3. The molecule has 2 unspecified atom stereocenters. The third-order valence-electron chi connectivity index (χ3n) is 6.14. The van der Waals surface area contributed by atoms with Crippen molar-refractivity contribution in [1.82, 2.24) is 20.1 Å². The number of carbonyl (C=O) groups is 1. The van der Waals surface area contributed by atoms with E-state index in [1.807, 2.05) is 42.0 Å². The van der Waals surface area contributed by atoms with Crippen molar-refractivity contribution in [2.75, 3.05) is 7.11 Å². The van der Waals surface area contributed by atoms with Crippen molar-refractivity contribution in [3.63, 3.8) is 0 Å². The van der Waals surface area contributed by atoms with Crippen molar-refractivity contribution in [1.29, 1.82) is 0 Å². The van der Waals surface area contributed by atoms with Crippen molar-refractivity contribution in [3.8, 4) is 10.4 Å². The number of amides is 1. The molecule has 0 aliphatic carbocycles. The average Bonchev–Trinajstić information content (AvgIpc) is 3.47. The van der Waals surface area contributed by atoms with Crippen molar-refractivity contribution in [2.24, 2.45) is 0 Å². The van der Waals surface area contributed by atoms with Gasteiger partial charge in [0.1, 0.15) is 5.60 Å². The number of nitrogens with one attached hydrogen (secondary N) is 1. The van der Waals surface area contributed by atoms with E-state index in [2.05, 4.69) is 20.1 Å². The average molecular weight is 394 g/mol. The van der Waals surface area contributed by atoms with Crippen LogP contribution >= 0.6 is 11.3 Å². The summed E-state index contributed by atoms with van der Waals surface area (Å²) in [5, 5.41) is 8.78. The first-order chi connectivity index (χ1) is 13.7. The molecule has 0 saturated carbocycles. The third-order valence-corrected chi connectivity index (χ3v) is 7.12. The molecule has 5 heterocycles. The lowest BCUT2D eigenvalue weighted by molar-refractivity contribution is -0.0814. The highest BCUT2D eigenvalue weighted by molar-refractivity contribution is 7.13. The largest absolute Gasteiger partial charge is 0.372 e. The van der Waals surface area contributed by atoms with Gasteiger partial charge in [0.2, 0.25) is 0 Å². The number of fused-ring (bicyclic) bond motifs is 2. The SMILES string of the molecule is COC1(c2ccccn2)CC2CCC(C1)N2C(=O)c1csc(-c2cn[nH]c2)c1. The Morgan fingerprint density at radius 3 is 2.79 bits per heavy atom. The Morgan fingerprint density at radius 1 is 1.32 bits per heavy atom. The topological polar surface area (TPSA) is 71.1 Å². The van der Waals surface area contributed by atoms with E-state index in [9.17, 15) is 4.79 Å². The molecule has 6 nitrogen and oxygen atoms in total. The molecule has 28 heavy (non-hydrogen) atoms. The van der Waals surface area contributed by atoms with Gasteiger partial charge in [-0.3, -0.25) is 14.9 Å². The molecule has 2 bridgehead atoms. The molecule has 1 amide bonds. The second-order valence-corrected chi connectivity index (χ2v) is 8.52. The van der Waals surface area contributed by atoms with E-state index in [4.69, 9.17) is 4.74 Å². The number of H-pyrrole nitrogens is 1. The number of aromatic amines is 1. The van der Waals surface area contributed by atoms with Crippen LogP contribution in [0.1, 0.15) is 41.7 Å². The minimum Gasteiger partial charge on any atom is -0.372 e. The molecular weight excluding hydrogens is 372 g/mol. The summed E-state index contributed by atoms with van der Waals surface area (Å²) in [4.78, 5) is 21.1. The maximum Gasteiger partial charge on any atom is 0.255 e. The molecular formula is C21H22N4O2S. The van der Waals surface area contributed by atoms with Crippen LogP contribution in [0.5, 0.6) is 0 Å². The number of piperidine rings is 1. The molecule has 3 aromatic rings. The van der Waals surface area contributed by atoms with Gasteiger partial charge in [-0.15, -0.1) is 11.3 Å². The van der Waals surface area contributed by atoms with Crippen LogP contribution in [0.3, 0.4) is 0 Å². The molecule has 2 fully saturated rings. The second kappa shape index (κ2) is 6.83. The summed E-state index contributed by atoms with van der Waals surface area (Å²) < 4.78 is 6.02. The van der Waals surface area contributed by atoms with Gasteiger partial charge in [0.15, 0.2) is 0 Å². The predicted molar refractivity (Wildman–Crippen MR) is 107 cm³/mol. The second-order valence-electron chi connectivity index (χ2n) is 7.61. The normalized spacial score (nSPS) is 26.5. The number of thiophene rings is 1. The minimum atomic E-state index is -0.402. The fourth-order valence-electron chi connectivity index (χ4n) is 4.79. The minimum absolute atomic E-state index is 0.129. The first-order valence-corrected chi connectivity index (χ1v) is 10.5. The van der Waals surface area contributed by atoms with Crippen LogP contribution in [0.25, 0.3) is 10.4 Å². The maximum atomic E-state index is 13.3. The van der Waals surface area contributed by atoms with E-state index in [0.717, 1.165) is 47.4 Å². The fraction of sp³-hybridized carbons (Fsp3) is 0.381. The molecule has 2 aliphatic rings. The highest BCUT2D eigenvalue weighted by Crippen LogP contribution is 2.47. The van der Waals surface area contributed by atoms with E-state index in [-0.39, 0.29) is 18.0 Å². The lowest BCUT2D eigenvalue weighted by Gasteiger charge is -2.45. The van der Waals surface area contributed by atoms with Crippen LogP contribution in [-0.2, 0) is 10.3 Å². The third kappa shape index (κ3) is 2.77. The predicted octanol–water partition coefficient (Wildman–Crippen LogP) is 3.84.